The number of amides is 2. The summed E-state index contributed by atoms with van der Waals surface area (Å²) in [6, 6.07) is 4.96. The Kier molecular flexibility index (Phi) is 4.91. The Hall–Kier alpha value is -1.82. The molecule has 0 radical (unpaired) electrons. The summed E-state index contributed by atoms with van der Waals surface area (Å²) in [5, 5.41) is 2.76. The minimum atomic E-state index is -0.195. The van der Waals surface area contributed by atoms with E-state index in [0.29, 0.717) is 23.5 Å². The Balaban J connectivity index is 2.96. The number of benzene rings is 1. The number of hydrogen-bond acceptors (Lipinski definition) is 3. The number of carbonyl (C=O) groups is 1. The maximum absolute atomic E-state index is 11.7. The van der Waals surface area contributed by atoms with E-state index >= 15 is 0 Å². The topological polar surface area (TPSA) is 67.6 Å². The molecule has 0 heterocycles. The lowest BCUT2D eigenvalue weighted by atomic mass is 10.2. The molecule has 0 spiro atoms. The molecule has 18 heavy (non-hydrogen) atoms. The highest BCUT2D eigenvalue weighted by Gasteiger charge is 2.11. The van der Waals surface area contributed by atoms with Gasteiger partial charge >= 0.3 is 6.03 Å². The number of carbonyl (C=O) groups excluding carboxylic acids is 1. The van der Waals surface area contributed by atoms with Crippen LogP contribution in [0.15, 0.2) is 18.2 Å². The Morgan fingerprint density at radius 3 is 2.72 bits per heavy atom. The summed E-state index contributed by atoms with van der Waals surface area (Å²) in [4.78, 5) is 13.6. The molecule has 98 valence electrons. The highest BCUT2D eigenvalue weighted by molar-refractivity contribution is 7.80. The molecule has 2 amide bonds. The van der Waals surface area contributed by atoms with Gasteiger partial charge in [0.1, 0.15) is 10.7 Å². The van der Waals surface area contributed by atoms with Crippen molar-refractivity contribution in [3.05, 3.63) is 23.8 Å². The van der Waals surface area contributed by atoms with Gasteiger partial charge in [-0.1, -0.05) is 12.2 Å². The summed E-state index contributed by atoms with van der Waals surface area (Å²) < 4.78 is 5.20. The summed E-state index contributed by atoms with van der Waals surface area (Å²) in [5.41, 5.74) is 6.82. The monoisotopic (exact) mass is 267 g/mol. The fourth-order valence-electron chi connectivity index (χ4n) is 1.30. The van der Waals surface area contributed by atoms with Crippen molar-refractivity contribution in [3.8, 4) is 5.75 Å². The lowest BCUT2D eigenvalue weighted by molar-refractivity contribution is 0.224. The second kappa shape index (κ2) is 6.20. The Bertz CT molecular complexity index is 463. The molecule has 1 aromatic carbocycles. The van der Waals surface area contributed by atoms with Gasteiger partial charge in [-0.05, 0) is 25.1 Å². The summed E-state index contributed by atoms with van der Waals surface area (Å²) in [5.74, 6) is 0.526. The first-order valence-corrected chi connectivity index (χ1v) is 5.90. The van der Waals surface area contributed by atoms with E-state index in [0.717, 1.165) is 0 Å². The van der Waals surface area contributed by atoms with Crippen LogP contribution in [-0.2, 0) is 0 Å². The van der Waals surface area contributed by atoms with E-state index in [1.807, 2.05) is 6.92 Å². The molecule has 0 atom stereocenters. The van der Waals surface area contributed by atoms with Gasteiger partial charge < -0.3 is 20.7 Å². The molecule has 0 unspecified atom stereocenters. The number of methoxy groups -OCH3 is 1. The largest absolute Gasteiger partial charge is 0.495 e. The summed E-state index contributed by atoms with van der Waals surface area (Å²) in [6.07, 6.45) is 0. The number of ether oxygens (including phenoxy) is 1. The smallest absolute Gasteiger partial charge is 0.321 e. The van der Waals surface area contributed by atoms with E-state index < -0.39 is 0 Å². The summed E-state index contributed by atoms with van der Waals surface area (Å²) in [7, 11) is 3.24. The molecule has 0 bridgehead atoms. The molecule has 6 heteroatoms. The Morgan fingerprint density at radius 2 is 2.22 bits per heavy atom. The standard InChI is InChI=1S/C12H17N3O2S/c1-4-15(2)12(16)14-9-6-5-8(11(13)18)7-10(9)17-3/h5-7H,4H2,1-3H3,(H2,13,18)(H,14,16). The van der Waals surface area contributed by atoms with Crippen molar-refractivity contribution in [2.24, 2.45) is 5.73 Å². The van der Waals surface area contributed by atoms with Gasteiger partial charge in [0.2, 0.25) is 0 Å². The van der Waals surface area contributed by atoms with E-state index in [-0.39, 0.29) is 11.0 Å². The van der Waals surface area contributed by atoms with Crippen LogP contribution in [0, 0.1) is 0 Å². The lowest BCUT2D eigenvalue weighted by Gasteiger charge is -2.17. The predicted molar refractivity (Wildman–Crippen MR) is 76.2 cm³/mol. The molecule has 0 aliphatic carbocycles. The first-order valence-electron chi connectivity index (χ1n) is 5.49. The molecule has 0 saturated carbocycles. The number of nitrogens with two attached hydrogens (primary N) is 1. The van der Waals surface area contributed by atoms with Gasteiger partial charge in [-0.15, -0.1) is 0 Å². The fourth-order valence-corrected chi connectivity index (χ4v) is 1.43. The van der Waals surface area contributed by atoms with Gasteiger partial charge in [-0.3, -0.25) is 0 Å². The molecule has 0 fully saturated rings. The number of anilines is 1. The number of urea groups is 1. The lowest BCUT2D eigenvalue weighted by Crippen LogP contribution is -2.31. The third kappa shape index (κ3) is 3.33. The fraction of sp³-hybridized carbons (Fsp3) is 0.333. The van der Waals surface area contributed by atoms with Crippen LogP contribution in [-0.4, -0.2) is 36.6 Å². The zero-order valence-corrected chi connectivity index (χ0v) is 11.5. The second-order valence-electron chi connectivity index (χ2n) is 3.72. The molecule has 0 saturated heterocycles. The zero-order chi connectivity index (χ0) is 13.7. The van der Waals surface area contributed by atoms with E-state index in [2.05, 4.69) is 5.32 Å². The molecule has 1 aromatic rings. The van der Waals surface area contributed by atoms with Crippen molar-refractivity contribution in [1.82, 2.24) is 4.90 Å². The normalized spacial score (nSPS) is 9.72. The van der Waals surface area contributed by atoms with Crippen LogP contribution in [0.25, 0.3) is 0 Å². The first kappa shape index (κ1) is 14.2. The van der Waals surface area contributed by atoms with Crippen LogP contribution in [0.2, 0.25) is 0 Å². The predicted octanol–water partition coefficient (Wildman–Crippen LogP) is 1.81. The molecular formula is C12H17N3O2S. The third-order valence-corrected chi connectivity index (χ3v) is 2.78. The number of hydrogen-bond donors (Lipinski definition) is 2. The van der Waals surface area contributed by atoms with Gasteiger partial charge in [0.15, 0.2) is 0 Å². The maximum Gasteiger partial charge on any atom is 0.321 e. The average Bonchev–Trinajstić information content (AvgIpc) is 2.37. The Morgan fingerprint density at radius 1 is 1.56 bits per heavy atom. The maximum atomic E-state index is 11.7. The second-order valence-corrected chi connectivity index (χ2v) is 4.16. The van der Waals surface area contributed by atoms with Crippen LogP contribution in [0.5, 0.6) is 5.75 Å². The zero-order valence-electron chi connectivity index (χ0n) is 10.7. The van der Waals surface area contributed by atoms with Crippen molar-refractivity contribution in [2.45, 2.75) is 6.92 Å². The van der Waals surface area contributed by atoms with Crippen LogP contribution in [0.4, 0.5) is 10.5 Å². The van der Waals surface area contributed by atoms with E-state index in [4.69, 9.17) is 22.7 Å². The third-order valence-electron chi connectivity index (χ3n) is 2.55. The first-order chi connectivity index (χ1) is 8.49. The number of thiocarbonyl (C=S) groups is 1. The van der Waals surface area contributed by atoms with E-state index in [1.165, 1.54) is 7.11 Å². The van der Waals surface area contributed by atoms with Gasteiger partial charge in [0, 0.05) is 19.2 Å². The average molecular weight is 267 g/mol. The number of rotatable bonds is 4. The number of nitrogens with one attached hydrogen (secondary N) is 1. The van der Waals surface area contributed by atoms with Crippen molar-refractivity contribution in [1.29, 1.82) is 0 Å². The van der Waals surface area contributed by atoms with Gasteiger partial charge in [0.25, 0.3) is 0 Å². The highest BCUT2D eigenvalue weighted by atomic mass is 32.1. The van der Waals surface area contributed by atoms with Crippen LogP contribution >= 0.6 is 12.2 Å². The molecule has 0 aliphatic heterocycles. The molecule has 5 nitrogen and oxygen atoms in total. The van der Waals surface area contributed by atoms with Crippen LogP contribution in [0.1, 0.15) is 12.5 Å². The SMILES string of the molecule is CCN(C)C(=O)Nc1ccc(C(N)=S)cc1OC. The molecular weight excluding hydrogens is 250 g/mol. The highest BCUT2D eigenvalue weighted by Crippen LogP contribution is 2.25. The molecule has 3 N–H and O–H groups in total. The minimum absolute atomic E-state index is 0.195. The molecule has 0 aromatic heterocycles. The Labute approximate surface area is 112 Å². The van der Waals surface area contributed by atoms with Crippen molar-refractivity contribution < 1.29 is 9.53 Å². The van der Waals surface area contributed by atoms with Crippen molar-refractivity contribution in [3.63, 3.8) is 0 Å². The van der Waals surface area contributed by atoms with E-state index in [9.17, 15) is 4.79 Å². The van der Waals surface area contributed by atoms with Crippen LogP contribution < -0.4 is 15.8 Å². The van der Waals surface area contributed by atoms with Crippen LogP contribution in [0.3, 0.4) is 0 Å². The molecule has 1 rings (SSSR count). The van der Waals surface area contributed by atoms with Gasteiger partial charge in [0.05, 0.1) is 12.8 Å². The van der Waals surface area contributed by atoms with Crippen molar-refractivity contribution >= 4 is 28.9 Å². The quantitative estimate of drug-likeness (QED) is 0.816. The van der Waals surface area contributed by atoms with E-state index in [1.54, 1.807) is 30.1 Å². The molecule has 0 aliphatic rings. The number of nitrogens with zero attached hydrogens (tertiary/aromatic N) is 1. The van der Waals surface area contributed by atoms with Crippen molar-refractivity contribution in [2.75, 3.05) is 26.0 Å². The van der Waals surface area contributed by atoms with Gasteiger partial charge in [-0.25, -0.2) is 4.79 Å². The minimum Gasteiger partial charge on any atom is -0.495 e. The van der Waals surface area contributed by atoms with Gasteiger partial charge in [-0.2, -0.15) is 0 Å². The summed E-state index contributed by atoms with van der Waals surface area (Å²) >= 11 is 4.89. The summed E-state index contributed by atoms with van der Waals surface area (Å²) in [6.45, 7) is 2.52.